The highest BCUT2D eigenvalue weighted by Crippen LogP contribution is 2.11. The van der Waals surface area contributed by atoms with Crippen LogP contribution >= 0.6 is 0 Å². The maximum Gasteiger partial charge on any atom is 0.305 e. The lowest BCUT2D eigenvalue weighted by atomic mass is 10.1. The van der Waals surface area contributed by atoms with E-state index in [-0.39, 0.29) is 5.97 Å². The molecule has 0 bridgehead atoms. The van der Waals surface area contributed by atoms with Crippen LogP contribution in [0.5, 0.6) is 0 Å². The number of hydrogen-bond acceptors (Lipinski definition) is 2. The lowest BCUT2D eigenvalue weighted by Crippen LogP contribution is -2.01. The van der Waals surface area contributed by atoms with Gasteiger partial charge in [0.1, 0.15) is 12.8 Å². The van der Waals surface area contributed by atoms with Crippen LogP contribution in [0.1, 0.15) is 51.4 Å². The molecule has 2 nitrogen and oxygen atoms in total. The van der Waals surface area contributed by atoms with Gasteiger partial charge in [0.25, 0.3) is 0 Å². The van der Waals surface area contributed by atoms with E-state index in [1.807, 2.05) is 0 Å². The second-order valence-corrected chi connectivity index (χ2v) is 3.99. The number of methoxy groups -OCH3 is 1. The van der Waals surface area contributed by atoms with E-state index < -0.39 is 12.8 Å². The van der Waals surface area contributed by atoms with E-state index in [4.69, 9.17) is 0 Å². The fraction of sp³-hybridized carbons (Fsp3) is 0.917. The summed E-state index contributed by atoms with van der Waals surface area (Å²) < 4.78 is 28.7. The number of alkyl halides is 2. The average Bonchev–Trinajstić information content (AvgIpc) is 2.31. The molecule has 0 N–H and O–H groups in total. The van der Waals surface area contributed by atoms with Gasteiger partial charge in [0.15, 0.2) is 0 Å². The maximum atomic E-state index is 12.5. The van der Waals surface area contributed by atoms with Crippen molar-refractivity contribution in [2.75, 3.05) is 13.8 Å². The van der Waals surface area contributed by atoms with Gasteiger partial charge in [0, 0.05) is 6.42 Å². The molecule has 0 saturated carbocycles. The van der Waals surface area contributed by atoms with Crippen molar-refractivity contribution in [1.29, 1.82) is 0 Å². The van der Waals surface area contributed by atoms with E-state index in [1.54, 1.807) is 0 Å². The van der Waals surface area contributed by atoms with Crippen LogP contribution < -0.4 is 0 Å². The van der Waals surface area contributed by atoms with Gasteiger partial charge in [-0.05, 0) is 12.8 Å². The first-order chi connectivity index (χ1) is 7.70. The Morgan fingerprint density at radius 2 is 1.69 bits per heavy atom. The highest BCUT2D eigenvalue weighted by Gasteiger charge is 2.04. The van der Waals surface area contributed by atoms with Gasteiger partial charge in [0.05, 0.1) is 7.11 Å². The van der Waals surface area contributed by atoms with Crippen molar-refractivity contribution in [3.8, 4) is 0 Å². The Kier molecular flexibility index (Phi) is 10.4. The number of ether oxygens (including phenoxy) is 1. The quantitative estimate of drug-likeness (QED) is 0.428. The van der Waals surface area contributed by atoms with Crippen LogP contribution in [0.3, 0.4) is 0 Å². The number of carbonyl (C=O) groups excluding carboxylic acids is 1. The van der Waals surface area contributed by atoms with Crippen LogP contribution in [-0.2, 0) is 9.53 Å². The van der Waals surface area contributed by atoms with E-state index in [1.165, 1.54) is 7.11 Å². The SMILES string of the molecule is COC(=O)CCCCCCCCC(F)CF. The van der Waals surface area contributed by atoms with Crippen LogP contribution in [-0.4, -0.2) is 25.9 Å². The molecular weight excluding hydrogens is 214 g/mol. The highest BCUT2D eigenvalue weighted by atomic mass is 19.2. The summed E-state index contributed by atoms with van der Waals surface area (Å²) in [6.07, 6.45) is 5.15. The molecule has 1 atom stereocenters. The minimum absolute atomic E-state index is 0.164. The Balaban J connectivity index is 3.07. The number of carbonyl (C=O) groups is 1. The largest absolute Gasteiger partial charge is 0.469 e. The molecule has 0 aliphatic carbocycles. The number of esters is 1. The molecule has 0 fully saturated rings. The molecule has 0 aliphatic rings. The zero-order valence-corrected chi connectivity index (χ0v) is 10.0. The van der Waals surface area contributed by atoms with Crippen molar-refractivity contribution in [3.63, 3.8) is 0 Å². The summed E-state index contributed by atoms with van der Waals surface area (Å²) in [5, 5.41) is 0. The number of halogens is 2. The summed E-state index contributed by atoms with van der Waals surface area (Å²) in [7, 11) is 1.39. The molecule has 4 heteroatoms. The molecule has 0 spiro atoms. The van der Waals surface area contributed by atoms with Gasteiger partial charge in [-0.1, -0.05) is 32.1 Å². The van der Waals surface area contributed by atoms with Crippen molar-refractivity contribution < 1.29 is 18.3 Å². The van der Waals surface area contributed by atoms with Crippen LogP contribution in [0.15, 0.2) is 0 Å². The highest BCUT2D eigenvalue weighted by molar-refractivity contribution is 5.68. The molecule has 0 aliphatic heterocycles. The third-order valence-electron chi connectivity index (χ3n) is 2.54. The second kappa shape index (κ2) is 10.8. The fourth-order valence-electron chi connectivity index (χ4n) is 1.52. The Morgan fingerprint density at radius 1 is 1.12 bits per heavy atom. The molecule has 0 aromatic heterocycles. The van der Waals surface area contributed by atoms with E-state index in [9.17, 15) is 13.6 Å². The number of rotatable bonds is 10. The first kappa shape index (κ1) is 15.3. The molecule has 16 heavy (non-hydrogen) atoms. The Labute approximate surface area is 96.4 Å². The van der Waals surface area contributed by atoms with Gasteiger partial charge in [-0.2, -0.15) is 0 Å². The smallest absolute Gasteiger partial charge is 0.305 e. The predicted molar refractivity (Wildman–Crippen MR) is 59.8 cm³/mol. The van der Waals surface area contributed by atoms with Crippen molar-refractivity contribution in [3.05, 3.63) is 0 Å². The Morgan fingerprint density at radius 3 is 2.25 bits per heavy atom. The molecule has 0 heterocycles. The third kappa shape index (κ3) is 9.87. The summed E-state index contributed by atoms with van der Waals surface area (Å²) in [4.78, 5) is 10.8. The molecular formula is C12H22F2O2. The lowest BCUT2D eigenvalue weighted by molar-refractivity contribution is -0.140. The average molecular weight is 236 g/mol. The minimum atomic E-state index is -1.28. The van der Waals surface area contributed by atoms with Gasteiger partial charge >= 0.3 is 5.97 Å². The monoisotopic (exact) mass is 236 g/mol. The van der Waals surface area contributed by atoms with Gasteiger partial charge in [-0.3, -0.25) is 4.79 Å². The molecule has 1 unspecified atom stereocenters. The summed E-state index contributed by atoms with van der Waals surface area (Å²) in [6, 6.07) is 0. The molecule has 0 saturated heterocycles. The van der Waals surface area contributed by atoms with E-state index in [2.05, 4.69) is 4.74 Å². The lowest BCUT2D eigenvalue weighted by Gasteiger charge is -2.03. The molecule has 0 aromatic carbocycles. The molecule has 0 aromatic rings. The molecule has 0 rings (SSSR count). The molecule has 96 valence electrons. The van der Waals surface area contributed by atoms with Crippen molar-refractivity contribution in [1.82, 2.24) is 0 Å². The van der Waals surface area contributed by atoms with E-state index in [0.717, 1.165) is 38.5 Å². The topological polar surface area (TPSA) is 26.3 Å². The molecule has 0 radical (unpaired) electrons. The summed E-state index contributed by atoms with van der Waals surface area (Å²) >= 11 is 0. The first-order valence-corrected chi connectivity index (χ1v) is 5.97. The predicted octanol–water partition coefficient (Wildman–Crippen LogP) is 3.59. The van der Waals surface area contributed by atoms with Crippen molar-refractivity contribution >= 4 is 5.97 Å². The summed E-state index contributed by atoms with van der Waals surface area (Å²) in [5.74, 6) is -0.164. The van der Waals surface area contributed by atoms with Crippen LogP contribution in [0.2, 0.25) is 0 Å². The maximum absolute atomic E-state index is 12.5. The van der Waals surface area contributed by atoms with Crippen molar-refractivity contribution in [2.45, 2.75) is 57.5 Å². The Hall–Kier alpha value is -0.670. The zero-order chi connectivity index (χ0) is 12.2. The zero-order valence-electron chi connectivity index (χ0n) is 10.0. The van der Waals surface area contributed by atoms with E-state index in [0.29, 0.717) is 12.8 Å². The second-order valence-electron chi connectivity index (χ2n) is 3.99. The molecule has 0 amide bonds. The Bertz CT molecular complexity index is 174. The van der Waals surface area contributed by atoms with Gasteiger partial charge in [0.2, 0.25) is 0 Å². The van der Waals surface area contributed by atoms with Gasteiger partial charge in [-0.25, -0.2) is 8.78 Å². The van der Waals surface area contributed by atoms with Crippen LogP contribution in [0, 0.1) is 0 Å². The third-order valence-corrected chi connectivity index (χ3v) is 2.54. The standard InChI is InChI=1S/C12H22F2O2/c1-16-12(15)9-7-5-3-2-4-6-8-11(14)10-13/h11H,2-10H2,1H3. The summed E-state index contributed by atoms with van der Waals surface area (Å²) in [6.45, 7) is -0.862. The number of hydrogen-bond donors (Lipinski definition) is 0. The first-order valence-electron chi connectivity index (χ1n) is 5.97. The van der Waals surface area contributed by atoms with Crippen molar-refractivity contribution in [2.24, 2.45) is 0 Å². The number of unbranched alkanes of at least 4 members (excludes halogenated alkanes) is 5. The van der Waals surface area contributed by atoms with Gasteiger partial charge < -0.3 is 4.74 Å². The van der Waals surface area contributed by atoms with E-state index >= 15 is 0 Å². The normalized spacial score (nSPS) is 12.4. The fourth-order valence-corrected chi connectivity index (χ4v) is 1.52. The van der Waals surface area contributed by atoms with Crippen LogP contribution in [0.25, 0.3) is 0 Å². The van der Waals surface area contributed by atoms with Crippen LogP contribution in [0.4, 0.5) is 8.78 Å². The minimum Gasteiger partial charge on any atom is -0.469 e. The summed E-state index contributed by atoms with van der Waals surface area (Å²) in [5.41, 5.74) is 0. The van der Waals surface area contributed by atoms with Gasteiger partial charge in [-0.15, -0.1) is 0 Å².